The number of H-pyrrole nitrogens is 1. The van der Waals surface area contributed by atoms with Crippen LogP contribution in [0.4, 0.5) is 0 Å². The Bertz CT molecular complexity index is 1150. The highest BCUT2D eigenvalue weighted by atomic mass is 16.5. The van der Waals surface area contributed by atoms with Gasteiger partial charge in [-0.05, 0) is 31.7 Å². The second-order valence-electron chi connectivity index (χ2n) is 8.53. The number of aromatic amines is 1. The number of rotatable bonds is 3. The van der Waals surface area contributed by atoms with E-state index in [1.165, 1.54) is 0 Å². The lowest BCUT2D eigenvalue weighted by atomic mass is 9.78. The van der Waals surface area contributed by atoms with Crippen molar-refractivity contribution >= 4 is 5.91 Å². The number of morpholine rings is 1. The fourth-order valence-corrected chi connectivity index (χ4v) is 4.73. The third kappa shape index (κ3) is 3.57. The van der Waals surface area contributed by atoms with Gasteiger partial charge in [0, 0.05) is 17.7 Å². The Kier molecular flexibility index (Phi) is 4.94. The molecule has 1 spiro atoms. The minimum Gasteiger partial charge on any atom is -0.368 e. The van der Waals surface area contributed by atoms with Crippen LogP contribution in [0.3, 0.4) is 0 Å². The second-order valence-corrected chi connectivity index (χ2v) is 8.53. The highest BCUT2D eigenvalue weighted by Gasteiger charge is 2.46. The van der Waals surface area contributed by atoms with E-state index in [1.807, 2.05) is 67.6 Å². The third-order valence-electron chi connectivity index (χ3n) is 6.27. The van der Waals surface area contributed by atoms with Gasteiger partial charge in [-0.2, -0.15) is 5.10 Å². The summed E-state index contributed by atoms with van der Waals surface area (Å²) in [4.78, 5) is 28.6. The molecule has 1 saturated carbocycles. The van der Waals surface area contributed by atoms with Gasteiger partial charge in [-0.15, -0.1) is 0 Å². The van der Waals surface area contributed by atoms with Crippen molar-refractivity contribution in [3.63, 3.8) is 0 Å². The van der Waals surface area contributed by atoms with Crippen molar-refractivity contribution in [2.45, 2.75) is 37.9 Å². The van der Waals surface area contributed by atoms with Gasteiger partial charge in [0.25, 0.3) is 11.5 Å². The van der Waals surface area contributed by atoms with Gasteiger partial charge in [0.1, 0.15) is 5.56 Å². The third-order valence-corrected chi connectivity index (χ3v) is 6.27. The van der Waals surface area contributed by atoms with Gasteiger partial charge in [-0.3, -0.25) is 9.59 Å². The molecule has 31 heavy (non-hydrogen) atoms. The number of benzene rings is 2. The van der Waals surface area contributed by atoms with Crippen molar-refractivity contribution in [2.24, 2.45) is 0 Å². The van der Waals surface area contributed by atoms with Gasteiger partial charge in [-0.25, -0.2) is 5.10 Å². The minimum atomic E-state index is -0.467. The average molecular weight is 415 g/mol. The van der Waals surface area contributed by atoms with Gasteiger partial charge in [0.05, 0.1) is 23.9 Å². The summed E-state index contributed by atoms with van der Waals surface area (Å²) in [5.74, 6) is -0.263. The number of hydrogen-bond acceptors (Lipinski definition) is 4. The fourth-order valence-electron chi connectivity index (χ4n) is 4.73. The van der Waals surface area contributed by atoms with Crippen LogP contribution in [0.1, 0.15) is 36.5 Å². The molecular weight excluding hydrogens is 390 g/mol. The van der Waals surface area contributed by atoms with E-state index in [1.54, 1.807) is 4.90 Å². The van der Waals surface area contributed by atoms with Gasteiger partial charge in [-0.1, -0.05) is 60.7 Å². The molecule has 158 valence electrons. The van der Waals surface area contributed by atoms with Gasteiger partial charge >= 0.3 is 0 Å². The molecule has 6 nitrogen and oxygen atoms in total. The van der Waals surface area contributed by atoms with E-state index < -0.39 is 5.56 Å². The zero-order valence-electron chi connectivity index (χ0n) is 17.5. The minimum absolute atomic E-state index is 0.0623. The number of nitrogens with one attached hydrogen (secondary N) is 1. The van der Waals surface area contributed by atoms with Crippen molar-refractivity contribution in [3.05, 3.63) is 76.6 Å². The fraction of sp³-hybridized carbons (Fsp3) is 0.320. The summed E-state index contributed by atoms with van der Waals surface area (Å²) in [6.45, 7) is 2.98. The molecule has 2 aromatic carbocycles. The molecule has 5 rings (SSSR count). The predicted octanol–water partition coefficient (Wildman–Crippen LogP) is 3.89. The van der Waals surface area contributed by atoms with Crippen LogP contribution in [-0.2, 0) is 4.74 Å². The first kappa shape index (κ1) is 19.7. The number of ether oxygens (including phenoxy) is 1. The Balaban J connectivity index is 1.66. The number of hydrogen-bond donors (Lipinski definition) is 1. The Hall–Kier alpha value is -3.25. The van der Waals surface area contributed by atoms with Gasteiger partial charge < -0.3 is 9.64 Å². The standard InChI is InChI=1S/C25H25N3O3/c1-17-15-28(16-25(31-17)13-8-14-25)24(30)21-20(18-9-4-2-5-10-18)22(26-27-23(21)29)19-11-6-3-7-12-19/h2-7,9-12,17H,8,13-16H2,1H3,(H,27,29). The predicted molar refractivity (Wildman–Crippen MR) is 119 cm³/mol. The average Bonchev–Trinajstić information content (AvgIpc) is 2.78. The summed E-state index contributed by atoms with van der Waals surface area (Å²) in [6.07, 6.45) is 2.95. The van der Waals surface area contributed by atoms with Gasteiger partial charge in [0.2, 0.25) is 0 Å². The lowest BCUT2D eigenvalue weighted by Gasteiger charge is -2.50. The van der Waals surface area contributed by atoms with E-state index in [0.717, 1.165) is 30.4 Å². The number of amides is 1. The van der Waals surface area contributed by atoms with Crippen molar-refractivity contribution in [2.75, 3.05) is 13.1 Å². The number of carbonyl (C=O) groups excluding carboxylic acids is 1. The molecule has 1 aliphatic carbocycles. The van der Waals surface area contributed by atoms with Crippen LogP contribution in [-0.4, -0.2) is 45.8 Å². The van der Waals surface area contributed by atoms with Crippen LogP contribution < -0.4 is 5.56 Å². The monoisotopic (exact) mass is 415 g/mol. The van der Waals surface area contributed by atoms with Crippen LogP contribution >= 0.6 is 0 Å². The van der Waals surface area contributed by atoms with E-state index in [2.05, 4.69) is 10.2 Å². The molecule has 1 N–H and O–H groups in total. The molecule has 6 heteroatoms. The molecule has 0 radical (unpaired) electrons. The molecule has 3 aromatic rings. The van der Waals surface area contributed by atoms with Crippen molar-refractivity contribution in [3.8, 4) is 22.4 Å². The summed E-state index contributed by atoms with van der Waals surface area (Å²) in [6, 6.07) is 19.2. The van der Waals surface area contributed by atoms with E-state index in [0.29, 0.717) is 24.3 Å². The highest BCUT2D eigenvalue weighted by Crippen LogP contribution is 2.40. The first-order chi connectivity index (χ1) is 15.1. The number of nitrogens with zero attached hydrogens (tertiary/aromatic N) is 2. The molecule has 2 heterocycles. The van der Waals surface area contributed by atoms with Crippen LogP contribution in [0.15, 0.2) is 65.5 Å². The van der Waals surface area contributed by atoms with Crippen LogP contribution in [0.2, 0.25) is 0 Å². The second kappa shape index (κ2) is 7.78. The maximum absolute atomic E-state index is 13.8. The van der Waals surface area contributed by atoms with Crippen LogP contribution in [0.5, 0.6) is 0 Å². The normalized spacial score (nSPS) is 19.8. The molecule has 1 atom stereocenters. The molecular formula is C25H25N3O3. The first-order valence-corrected chi connectivity index (χ1v) is 10.8. The number of aromatic nitrogens is 2. The Morgan fingerprint density at radius 2 is 1.71 bits per heavy atom. The summed E-state index contributed by atoms with van der Waals surface area (Å²) < 4.78 is 6.17. The van der Waals surface area contributed by atoms with Crippen molar-refractivity contribution in [1.29, 1.82) is 0 Å². The largest absolute Gasteiger partial charge is 0.368 e. The zero-order valence-corrected chi connectivity index (χ0v) is 17.5. The Morgan fingerprint density at radius 1 is 1.06 bits per heavy atom. The highest BCUT2D eigenvalue weighted by molar-refractivity contribution is 6.03. The molecule has 1 aromatic heterocycles. The molecule has 2 fully saturated rings. The Morgan fingerprint density at radius 3 is 2.32 bits per heavy atom. The maximum Gasteiger partial charge on any atom is 0.277 e. The van der Waals surface area contributed by atoms with E-state index in [-0.39, 0.29) is 23.2 Å². The van der Waals surface area contributed by atoms with Crippen molar-refractivity contribution < 1.29 is 9.53 Å². The molecule has 1 amide bonds. The summed E-state index contributed by atoms with van der Waals surface area (Å²) >= 11 is 0. The quantitative estimate of drug-likeness (QED) is 0.704. The SMILES string of the molecule is CC1CN(C(=O)c2c(-c3ccccc3)c(-c3ccccc3)n[nH]c2=O)CC2(CCC2)O1. The lowest BCUT2D eigenvalue weighted by molar-refractivity contribution is -0.176. The van der Waals surface area contributed by atoms with E-state index >= 15 is 0 Å². The molecule has 1 unspecified atom stereocenters. The van der Waals surface area contributed by atoms with Crippen LogP contribution in [0, 0.1) is 0 Å². The zero-order chi connectivity index (χ0) is 21.4. The number of carbonyl (C=O) groups is 1. The first-order valence-electron chi connectivity index (χ1n) is 10.8. The maximum atomic E-state index is 13.8. The topological polar surface area (TPSA) is 75.3 Å². The molecule has 1 aliphatic heterocycles. The summed E-state index contributed by atoms with van der Waals surface area (Å²) in [5.41, 5.74) is 2.22. The van der Waals surface area contributed by atoms with Crippen LogP contribution in [0.25, 0.3) is 22.4 Å². The summed E-state index contributed by atoms with van der Waals surface area (Å²) in [7, 11) is 0. The van der Waals surface area contributed by atoms with E-state index in [9.17, 15) is 9.59 Å². The smallest absolute Gasteiger partial charge is 0.277 e. The van der Waals surface area contributed by atoms with E-state index in [4.69, 9.17) is 4.74 Å². The molecule has 2 aliphatic rings. The van der Waals surface area contributed by atoms with Gasteiger partial charge in [0.15, 0.2) is 0 Å². The van der Waals surface area contributed by atoms with Crippen molar-refractivity contribution in [1.82, 2.24) is 15.1 Å². The lowest BCUT2D eigenvalue weighted by Crippen LogP contribution is -2.60. The summed E-state index contributed by atoms with van der Waals surface area (Å²) in [5, 5.41) is 6.92. The molecule has 0 bridgehead atoms. The molecule has 1 saturated heterocycles. The Labute approximate surface area is 180 Å².